The molecule has 0 amide bonds. The molecule has 2 heteroatoms. The van der Waals surface area contributed by atoms with Crippen LogP contribution in [0.15, 0.2) is 83.7 Å². The molecule has 26 heavy (non-hydrogen) atoms. The highest BCUT2D eigenvalue weighted by Crippen LogP contribution is 2.24. The second-order valence-corrected chi connectivity index (χ2v) is 6.87. The van der Waals surface area contributed by atoms with Gasteiger partial charge in [0, 0.05) is 5.39 Å². The number of nitrogens with zero attached hydrogens (tertiary/aromatic N) is 1. The molecule has 0 saturated carbocycles. The van der Waals surface area contributed by atoms with Gasteiger partial charge in [-0.05, 0) is 48.6 Å². The fraction of sp³-hybridized carbons (Fsp3) is 0.125. The van der Waals surface area contributed by atoms with Crippen molar-refractivity contribution in [2.45, 2.75) is 20.4 Å². The maximum atomic E-state index is 13.3. The lowest BCUT2D eigenvalue weighted by atomic mass is 10.0. The van der Waals surface area contributed by atoms with E-state index in [1.807, 2.05) is 41.0 Å². The summed E-state index contributed by atoms with van der Waals surface area (Å²) in [5.41, 5.74) is 5.55. The lowest BCUT2D eigenvalue weighted by Gasteiger charge is -2.16. The number of hydrogen-bond donors (Lipinski definition) is 0. The smallest absolute Gasteiger partial charge is 0.259 e. The SMILES string of the molecule is Cc1cccc(-c2cc3cc(C)ccc3c(=O)n2Cc2ccccc2)c1. The first kappa shape index (κ1) is 16.3. The van der Waals surface area contributed by atoms with Gasteiger partial charge >= 0.3 is 0 Å². The second kappa shape index (κ2) is 6.64. The molecule has 0 aliphatic heterocycles. The van der Waals surface area contributed by atoms with Crippen molar-refractivity contribution in [1.29, 1.82) is 0 Å². The Hall–Kier alpha value is -3.13. The average molecular weight is 339 g/mol. The largest absolute Gasteiger partial charge is 0.303 e. The molecule has 0 spiro atoms. The third-order valence-electron chi connectivity index (χ3n) is 4.76. The normalized spacial score (nSPS) is 11.0. The van der Waals surface area contributed by atoms with E-state index in [9.17, 15) is 4.79 Å². The molecule has 0 saturated heterocycles. The van der Waals surface area contributed by atoms with E-state index in [-0.39, 0.29) is 5.56 Å². The van der Waals surface area contributed by atoms with E-state index in [2.05, 4.69) is 56.3 Å². The molecule has 4 rings (SSSR count). The molecule has 3 aromatic carbocycles. The monoisotopic (exact) mass is 339 g/mol. The number of benzene rings is 3. The van der Waals surface area contributed by atoms with Gasteiger partial charge in [-0.1, -0.05) is 71.8 Å². The van der Waals surface area contributed by atoms with Gasteiger partial charge in [0.2, 0.25) is 0 Å². The van der Waals surface area contributed by atoms with Crippen molar-refractivity contribution in [2.24, 2.45) is 0 Å². The summed E-state index contributed by atoms with van der Waals surface area (Å²) in [7, 11) is 0. The highest BCUT2D eigenvalue weighted by Gasteiger charge is 2.12. The van der Waals surface area contributed by atoms with Crippen molar-refractivity contribution in [3.05, 3.63) is 106 Å². The van der Waals surface area contributed by atoms with Crippen LogP contribution in [-0.2, 0) is 6.54 Å². The van der Waals surface area contributed by atoms with Gasteiger partial charge in [-0.2, -0.15) is 0 Å². The third-order valence-corrected chi connectivity index (χ3v) is 4.76. The lowest BCUT2D eigenvalue weighted by Crippen LogP contribution is -2.22. The minimum atomic E-state index is 0.0582. The Morgan fingerprint density at radius 1 is 0.769 bits per heavy atom. The summed E-state index contributed by atoms with van der Waals surface area (Å²) in [5.74, 6) is 0. The molecule has 0 atom stereocenters. The Balaban J connectivity index is 2.00. The predicted octanol–water partition coefficient (Wildman–Crippen LogP) is 5.33. The standard InChI is InChI=1S/C24H21NO/c1-17-7-6-10-20(13-17)23-15-21-14-18(2)11-12-22(21)24(26)25(23)16-19-8-4-3-5-9-19/h3-15H,16H2,1-2H3. The van der Waals surface area contributed by atoms with Crippen LogP contribution in [0.3, 0.4) is 0 Å². The maximum Gasteiger partial charge on any atom is 0.259 e. The summed E-state index contributed by atoms with van der Waals surface area (Å²) in [4.78, 5) is 13.3. The molecule has 0 aliphatic carbocycles. The first-order valence-corrected chi connectivity index (χ1v) is 8.87. The van der Waals surface area contributed by atoms with E-state index in [0.29, 0.717) is 6.54 Å². The minimum Gasteiger partial charge on any atom is -0.303 e. The second-order valence-electron chi connectivity index (χ2n) is 6.87. The summed E-state index contributed by atoms with van der Waals surface area (Å²) in [6.45, 7) is 4.70. The summed E-state index contributed by atoms with van der Waals surface area (Å²) in [5, 5.41) is 1.76. The van der Waals surface area contributed by atoms with Crippen molar-refractivity contribution < 1.29 is 0 Å². The highest BCUT2D eigenvalue weighted by atomic mass is 16.1. The van der Waals surface area contributed by atoms with Crippen LogP contribution in [0.5, 0.6) is 0 Å². The van der Waals surface area contributed by atoms with Crippen LogP contribution in [0, 0.1) is 13.8 Å². The average Bonchev–Trinajstić information content (AvgIpc) is 2.64. The first-order valence-electron chi connectivity index (χ1n) is 8.87. The Morgan fingerprint density at radius 3 is 2.31 bits per heavy atom. The number of aryl methyl sites for hydroxylation is 2. The molecule has 0 radical (unpaired) electrons. The van der Waals surface area contributed by atoms with E-state index < -0.39 is 0 Å². The van der Waals surface area contributed by atoms with Crippen LogP contribution < -0.4 is 5.56 Å². The Kier molecular flexibility index (Phi) is 4.18. The van der Waals surface area contributed by atoms with Gasteiger partial charge in [-0.15, -0.1) is 0 Å². The number of pyridine rings is 1. The van der Waals surface area contributed by atoms with E-state index in [1.54, 1.807) is 0 Å². The molecule has 0 unspecified atom stereocenters. The van der Waals surface area contributed by atoms with Crippen LogP contribution in [0.1, 0.15) is 16.7 Å². The zero-order valence-electron chi connectivity index (χ0n) is 15.1. The van der Waals surface area contributed by atoms with Crippen molar-refractivity contribution in [1.82, 2.24) is 4.57 Å². The number of aromatic nitrogens is 1. The maximum absolute atomic E-state index is 13.3. The molecular weight excluding hydrogens is 318 g/mol. The Bertz CT molecular complexity index is 1140. The molecule has 128 valence electrons. The van der Waals surface area contributed by atoms with E-state index in [1.165, 1.54) is 5.56 Å². The van der Waals surface area contributed by atoms with E-state index in [0.717, 1.165) is 33.2 Å². The van der Waals surface area contributed by atoms with Crippen LogP contribution in [0.2, 0.25) is 0 Å². The van der Waals surface area contributed by atoms with Crippen molar-refractivity contribution in [3.63, 3.8) is 0 Å². The Morgan fingerprint density at radius 2 is 1.54 bits per heavy atom. The number of hydrogen-bond acceptors (Lipinski definition) is 1. The molecular formula is C24H21NO. The van der Waals surface area contributed by atoms with Crippen LogP contribution >= 0.6 is 0 Å². The quantitative estimate of drug-likeness (QED) is 0.494. The Labute approximate surface area is 153 Å². The molecule has 1 aromatic heterocycles. The van der Waals surface area contributed by atoms with Gasteiger partial charge in [0.05, 0.1) is 12.2 Å². The highest BCUT2D eigenvalue weighted by molar-refractivity contribution is 5.86. The molecule has 1 heterocycles. The van der Waals surface area contributed by atoms with Crippen molar-refractivity contribution in [2.75, 3.05) is 0 Å². The van der Waals surface area contributed by atoms with Gasteiger partial charge in [0.1, 0.15) is 0 Å². The summed E-state index contributed by atoms with van der Waals surface area (Å²) >= 11 is 0. The molecule has 2 nitrogen and oxygen atoms in total. The van der Waals surface area contributed by atoms with Crippen LogP contribution in [0.25, 0.3) is 22.0 Å². The zero-order valence-corrected chi connectivity index (χ0v) is 15.1. The number of rotatable bonds is 3. The fourth-order valence-corrected chi connectivity index (χ4v) is 3.44. The summed E-state index contributed by atoms with van der Waals surface area (Å²) in [6, 6.07) is 26.6. The number of fused-ring (bicyclic) bond motifs is 1. The van der Waals surface area contributed by atoms with Crippen LogP contribution in [-0.4, -0.2) is 4.57 Å². The first-order chi connectivity index (χ1) is 12.6. The van der Waals surface area contributed by atoms with E-state index in [4.69, 9.17) is 0 Å². The topological polar surface area (TPSA) is 22.0 Å². The zero-order chi connectivity index (χ0) is 18.1. The summed E-state index contributed by atoms with van der Waals surface area (Å²) in [6.07, 6.45) is 0. The van der Waals surface area contributed by atoms with Gasteiger partial charge in [0.25, 0.3) is 5.56 Å². The molecule has 0 bridgehead atoms. The predicted molar refractivity (Wildman–Crippen MR) is 109 cm³/mol. The van der Waals surface area contributed by atoms with E-state index >= 15 is 0 Å². The van der Waals surface area contributed by atoms with Gasteiger partial charge < -0.3 is 4.57 Å². The molecule has 0 N–H and O–H groups in total. The molecule has 0 fully saturated rings. The van der Waals surface area contributed by atoms with Crippen molar-refractivity contribution in [3.8, 4) is 11.3 Å². The molecule has 0 aliphatic rings. The fourth-order valence-electron chi connectivity index (χ4n) is 3.44. The van der Waals surface area contributed by atoms with Crippen LogP contribution in [0.4, 0.5) is 0 Å². The van der Waals surface area contributed by atoms with Crippen molar-refractivity contribution >= 4 is 10.8 Å². The minimum absolute atomic E-state index is 0.0582. The third kappa shape index (κ3) is 3.06. The van der Waals surface area contributed by atoms with Gasteiger partial charge in [-0.25, -0.2) is 0 Å². The van der Waals surface area contributed by atoms with Gasteiger partial charge in [-0.3, -0.25) is 4.79 Å². The lowest BCUT2D eigenvalue weighted by molar-refractivity contribution is 0.777. The van der Waals surface area contributed by atoms with Gasteiger partial charge in [0.15, 0.2) is 0 Å². The summed E-state index contributed by atoms with van der Waals surface area (Å²) < 4.78 is 1.89. The molecule has 4 aromatic rings.